The van der Waals surface area contributed by atoms with Gasteiger partial charge in [0.25, 0.3) is 0 Å². The summed E-state index contributed by atoms with van der Waals surface area (Å²) in [5, 5.41) is 6.17. The van der Waals surface area contributed by atoms with Gasteiger partial charge in [0.15, 0.2) is 5.78 Å². The van der Waals surface area contributed by atoms with Gasteiger partial charge in [0.05, 0.1) is 17.2 Å². The maximum Gasteiger partial charge on any atom is 0.195 e. The first-order valence-corrected chi connectivity index (χ1v) is 3.47. The van der Waals surface area contributed by atoms with Gasteiger partial charge < -0.3 is 5.73 Å². The largest absolute Gasteiger partial charge is 0.324 e. The van der Waals surface area contributed by atoms with Gasteiger partial charge in [-0.2, -0.15) is 5.10 Å². The van der Waals surface area contributed by atoms with E-state index in [-0.39, 0.29) is 12.3 Å². The molecule has 0 atom stereocenters. The second-order valence-corrected chi connectivity index (χ2v) is 2.57. The number of carbonyl (C=O) groups is 1. The molecular weight excluding hydrogens is 198 g/mol. The highest BCUT2D eigenvalue weighted by Gasteiger charge is 2.08. The van der Waals surface area contributed by atoms with Crippen molar-refractivity contribution in [3.63, 3.8) is 0 Å². The van der Waals surface area contributed by atoms with Crippen LogP contribution < -0.4 is 5.73 Å². The normalized spacial score (nSPS) is 9.80. The summed E-state index contributed by atoms with van der Waals surface area (Å²) in [6.45, 7) is 0.000787. The topological polar surface area (TPSA) is 71.8 Å². The van der Waals surface area contributed by atoms with Crippen molar-refractivity contribution >= 4 is 21.7 Å². The molecule has 1 aromatic heterocycles. The monoisotopic (exact) mass is 203 g/mol. The van der Waals surface area contributed by atoms with E-state index in [9.17, 15) is 4.79 Å². The van der Waals surface area contributed by atoms with Crippen molar-refractivity contribution in [2.75, 3.05) is 6.54 Å². The number of nitrogens with zero attached hydrogens (tertiary/aromatic N) is 1. The summed E-state index contributed by atoms with van der Waals surface area (Å²) in [5.41, 5.74) is 5.55. The molecule has 0 radical (unpaired) electrons. The van der Waals surface area contributed by atoms with Crippen molar-refractivity contribution in [3.05, 3.63) is 16.4 Å². The molecule has 1 rings (SSSR count). The highest BCUT2D eigenvalue weighted by atomic mass is 79.9. The third kappa shape index (κ3) is 1.25. The number of hydrogen-bond acceptors (Lipinski definition) is 3. The smallest absolute Gasteiger partial charge is 0.195 e. The Balaban J connectivity index is 2.93. The summed E-state index contributed by atoms with van der Waals surface area (Å²) in [7, 11) is 0. The lowest BCUT2D eigenvalue weighted by Gasteiger charge is -1.90. The number of rotatable bonds is 2. The number of ketones is 1. The molecule has 0 aliphatic rings. The van der Waals surface area contributed by atoms with Gasteiger partial charge in [-0.15, -0.1) is 0 Å². The molecule has 10 heavy (non-hydrogen) atoms. The van der Waals surface area contributed by atoms with Gasteiger partial charge in [0.1, 0.15) is 5.69 Å². The molecule has 0 spiro atoms. The minimum Gasteiger partial charge on any atom is -0.324 e. The van der Waals surface area contributed by atoms with Crippen LogP contribution in [0.2, 0.25) is 0 Å². The average Bonchev–Trinajstić information content (AvgIpc) is 2.34. The number of H-pyrrole nitrogens is 1. The van der Waals surface area contributed by atoms with Crippen LogP contribution in [0.5, 0.6) is 0 Å². The molecule has 0 amide bonds. The maximum absolute atomic E-state index is 10.9. The number of Topliss-reactive ketones (excluding diaryl/α,β-unsaturated/α-hetero) is 1. The van der Waals surface area contributed by atoms with Gasteiger partial charge in [-0.05, 0) is 15.9 Å². The van der Waals surface area contributed by atoms with Crippen molar-refractivity contribution < 1.29 is 4.79 Å². The molecule has 0 fully saturated rings. The lowest BCUT2D eigenvalue weighted by Crippen LogP contribution is -2.14. The van der Waals surface area contributed by atoms with E-state index in [0.29, 0.717) is 10.2 Å². The molecule has 3 N–H and O–H groups in total. The molecular formula is C5H6BrN3O. The van der Waals surface area contributed by atoms with Crippen molar-refractivity contribution in [1.29, 1.82) is 0 Å². The van der Waals surface area contributed by atoms with E-state index in [1.54, 1.807) is 0 Å². The average molecular weight is 204 g/mol. The van der Waals surface area contributed by atoms with E-state index in [2.05, 4.69) is 26.1 Å². The number of halogens is 1. The Morgan fingerprint density at radius 1 is 1.90 bits per heavy atom. The van der Waals surface area contributed by atoms with Gasteiger partial charge in [-0.25, -0.2) is 0 Å². The van der Waals surface area contributed by atoms with E-state index in [1.807, 2.05) is 0 Å². The number of carbonyl (C=O) groups excluding carboxylic acids is 1. The SMILES string of the molecule is NCC(=O)c1[nH]ncc1Br. The summed E-state index contributed by atoms with van der Waals surface area (Å²) in [6, 6.07) is 0. The Kier molecular flexibility index (Phi) is 2.18. The van der Waals surface area contributed by atoms with Crippen LogP contribution in [0.1, 0.15) is 10.5 Å². The van der Waals surface area contributed by atoms with E-state index in [1.165, 1.54) is 6.20 Å². The summed E-state index contributed by atoms with van der Waals surface area (Å²) >= 11 is 3.14. The first kappa shape index (κ1) is 7.43. The number of aromatic amines is 1. The van der Waals surface area contributed by atoms with E-state index >= 15 is 0 Å². The maximum atomic E-state index is 10.9. The van der Waals surface area contributed by atoms with Crippen LogP contribution in [-0.2, 0) is 0 Å². The minimum atomic E-state index is -0.149. The van der Waals surface area contributed by atoms with Crippen LogP contribution in [-0.4, -0.2) is 22.5 Å². The van der Waals surface area contributed by atoms with Crippen LogP contribution in [0.3, 0.4) is 0 Å². The van der Waals surface area contributed by atoms with E-state index < -0.39 is 0 Å². The van der Waals surface area contributed by atoms with Gasteiger partial charge in [0, 0.05) is 0 Å². The Morgan fingerprint density at radius 3 is 3.00 bits per heavy atom. The fourth-order valence-corrected chi connectivity index (χ4v) is 0.981. The molecule has 5 heteroatoms. The molecule has 54 valence electrons. The van der Waals surface area contributed by atoms with Crippen molar-refractivity contribution in [2.45, 2.75) is 0 Å². The van der Waals surface area contributed by atoms with Gasteiger partial charge in [-0.3, -0.25) is 9.89 Å². The summed E-state index contributed by atoms with van der Waals surface area (Å²) in [5.74, 6) is -0.149. The third-order valence-corrected chi connectivity index (χ3v) is 1.66. The summed E-state index contributed by atoms with van der Waals surface area (Å²) in [6.07, 6.45) is 1.52. The number of aromatic nitrogens is 2. The Bertz CT molecular complexity index is 245. The number of nitrogens with two attached hydrogens (primary N) is 1. The van der Waals surface area contributed by atoms with Gasteiger partial charge in [-0.1, -0.05) is 0 Å². The zero-order valence-corrected chi connectivity index (χ0v) is 6.68. The third-order valence-electron chi connectivity index (χ3n) is 1.06. The molecule has 0 saturated carbocycles. The lowest BCUT2D eigenvalue weighted by atomic mass is 10.3. The van der Waals surface area contributed by atoms with Crippen molar-refractivity contribution in [3.8, 4) is 0 Å². The highest BCUT2D eigenvalue weighted by molar-refractivity contribution is 9.10. The molecule has 0 aromatic carbocycles. The molecule has 0 aliphatic carbocycles. The fraction of sp³-hybridized carbons (Fsp3) is 0.200. The molecule has 1 aromatic rings. The Hall–Kier alpha value is -0.680. The second-order valence-electron chi connectivity index (χ2n) is 1.72. The first-order valence-electron chi connectivity index (χ1n) is 2.68. The van der Waals surface area contributed by atoms with Crippen LogP contribution in [0, 0.1) is 0 Å². The van der Waals surface area contributed by atoms with Crippen LogP contribution in [0.4, 0.5) is 0 Å². The highest BCUT2D eigenvalue weighted by Crippen LogP contribution is 2.12. The van der Waals surface area contributed by atoms with Crippen molar-refractivity contribution in [2.24, 2.45) is 5.73 Å². The summed E-state index contributed by atoms with van der Waals surface area (Å²) < 4.78 is 0.656. The number of nitrogens with one attached hydrogen (secondary N) is 1. The molecule has 0 unspecified atom stereocenters. The quantitative estimate of drug-likeness (QED) is 0.681. The first-order chi connectivity index (χ1) is 4.75. The van der Waals surface area contributed by atoms with Crippen LogP contribution in [0.25, 0.3) is 0 Å². The fourth-order valence-electron chi connectivity index (χ4n) is 0.569. The van der Waals surface area contributed by atoms with Crippen molar-refractivity contribution in [1.82, 2.24) is 10.2 Å². The Morgan fingerprint density at radius 2 is 2.60 bits per heavy atom. The van der Waals surface area contributed by atoms with E-state index in [4.69, 9.17) is 5.73 Å². The number of hydrogen-bond donors (Lipinski definition) is 2. The van der Waals surface area contributed by atoms with Gasteiger partial charge >= 0.3 is 0 Å². The molecule has 4 nitrogen and oxygen atoms in total. The zero-order valence-electron chi connectivity index (χ0n) is 5.10. The summed E-state index contributed by atoms with van der Waals surface area (Å²) in [4.78, 5) is 10.9. The Labute approximate surface area is 65.9 Å². The molecule has 0 saturated heterocycles. The van der Waals surface area contributed by atoms with Crippen LogP contribution >= 0.6 is 15.9 Å². The lowest BCUT2D eigenvalue weighted by molar-refractivity contribution is 0.0996. The predicted molar refractivity (Wildman–Crippen MR) is 39.7 cm³/mol. The van der Waals surface area contributed by atoms with Crippen LogP contribution in [0.15, 0.2) is 10.7 Å². The predicted octanol–water partition coefficient (Wildman–Crippen LogP) is 0.314. The molecule has 1 heterocycles. The zero-order chi connectivity index (χ0) is 7.56. The second kappa shape index (κ2) is 2.94. The van der Waals surface area contributed by atoms with Gasteiger partial charge in [0.2, 0.25) is 0 Å². The minimum absolute atomic E-state index is 0.000787. The standard InChI is InChI=1S/C5H6BrN3O/c6-3-2-8-9-5(3)4(10)1-7/h2H,1,7H2,(H,8,9). The molecule has 0 aliphatic heterocycles. The molecule has 0 bridgehead atoms. The van der Waals surface area contributed by atoms with E-state index in [0.717, 1.165) is 0 Å².